The number of aromatic carboxylic acids is 1. The number of benzene rings is 2. The van der Waals surface area contributed by atoms with E-state index in [0.29, 0.717) is 35.7 Å². The van der Waals surface area contributed by atoms with Gasteiger partial charge in [-0.3, -0.25) is 4.79 Å². The number of anilines is 1. The fraction of sp³-hybridized carbons (Fsp3) is 0.263. The summed E-state index contributed by atoms with van der Waals surface area (Å²) < 4.78 is 5.27. The zero-order valence-corrected chi connectivity index (χ0v) is 14.1. The number of ketones is 1. The van der Waals surface area contributed by atoms with Crippen molar-refractivity contribution in [2.24, 2.45) is 0 Å². The molecular weight excluding hydrogens is 306 g/mol. The minimum absolute atomic E-state index is 0.161. The lowest BCUT2D eigenvalue weighted by Gasteiger charge is -2.24. The van der Waals surface area contributed by atoms with Crippen LogP contribution in [0.4, 0.5) is 5.69 Å². The minimum atomic E-state index is -1.01. The van der Waals surface area contributed by atoms with Crippen LogP contribution in [0.3, 0.4) is 0 Å². The second kappa shape index (κ2) is 7.64. The number of para-hydroxylation sites is 1. The molecule has 24 heavy (non-hydrogen) atoms. The SMILES string of the molecule is CCN(CC)c1cc(C(=O)O)ccc1C(=O)c1ccccc1OC. The van der Waals surface area contributed by atoms with Crippen LogP contribution in [0.5, 0.6) is 5.75 Å². The highest BCUT2D eigenvalue weighted by Crippen LogP contribution is 2.28. The van der Waals surface area contributed by atoms with E-state index < -0.39 is 5.97 Å². The van der Waals surface area contributed by atoms with E-state index in [0.717, 1.165) is 0 Å². The van der Waals surface area contributed by atoms with E-state index in [2.05, 4.69) is 0 Å². The van der Waals surface area contributed by atoms with Gasteiger partial charge >= 0.3 is 5.97 Å². The number of carbonyl (C=O) groups excluding carboxylic acids is 1. The standard InChI is InChI=1S/C19H21NO4/c1-4-20(5-2)16-12-13(19(22)23)10-11-14(16)18(21)15-8-6-7-9-17(15)24-3/h6-12H,4-5H2,1-3H3,(H,22,23). The van der Waals surface area contributed by atoms with Gasteiger partial charge in [-0.2, -0.15) is 0 Å². The number of rotatable bonds is 7. The second-order valence-corrected chi connectivity index (χ2v) is 5.24. The molecule has 5 nitrogen and oxygen atoms in total. The summed E-state index contributed by atoms with van der Waals surface area (Å²) in [6, 6.07) is 11.6. The Bertz CT molecular complexity index is 751. The summed E-state index contributed by atoms with van der Waals surface area (Å²) in [6.07, 6.45) is 0. The number of carboxylic acids is 1. The Balaban J connectivity index is 2.60. The monoisotopic (exact) mass is 327 g/mol. The number of ether oxygens (including phenoxy) is 1. The van der Waals surface area contributed by atoms with Gasteiger partial charge in [-0.1, -0.05) is 12.1 Å². The van der Waals surface area contributed by atoms with Gasteiger partial charge in [0.05, 0.1) is 18.2 Å². The van der Waals surface area contributed by atoms with Crippen LogP contribution in [0.1, 0.15) is 40.1 Å². The predicted molar refractivity (Wildman–Crippen MR) is 93.4 cm³/mol. The molecule has 0 atom stereocenters. The van der Waals surface area contributed by atoms with Crippen LogP contribution in [0.25, 0.3) is 0 Å². The molecule has 0 saturated heterocycles. The van der Waals surface area contributed by atoms with Crippen molar-refractivity contribution in [2.45, 2.75) is 13.8 Å². The molecule has 126 valence electrons. The first kappa shape index (κ1) is 17.5. The minimum Gasteiger partial charge on any atom is -0.496 e. The second-order valence-electron chi connectivity index (χ2n) is 5.24. The highest BCUT2D eigenvalue weighted by molar-refractivity contribution is 6.14. The van der Waals surface area contributed by atoms with Crippen molar-refractivity contribution in [2.75, 3.05) is 25.1 Å². The lowest BCUT2D eigenvalue weighted by Crippen LogP contribution is -2.25. The third-order valence-corrected chi connectivity index (χ3v) is 3.95. The molecule has 0 unspecified atom stereocenters. The molecule has 0 bridgehead atoms. The molecule has 0 aliphatic rings. The summed E-state index contributed by atoms with van der Waals surface area (Å²) in [5, 5.41) is 9.24. The lowest BCUT2D eigenvalue weighted by molar-refractivity contribution is 0.0696. The van der Waals surface area contributed by atoms with Gasteiger partial charge in [-0.15, -0.1) is 0 Å². The zero-order chi connectivity index (χ0) is 17.7. The normalized spacial score (nSPS) is 10.3. The molecular formula is C19H21NO4. The molecule has 0 aliphatic heterocycles. The van der Waals surface area contributed by atoms with E-state index in [1.807, 2.05) is 18.7 Å². The maximum Gasteiger partial charge on any atom is 0.335 e. The van der Waals surface area contributed by atoms with Crippen molar-refractivity contribution in [3.05, 3.63) is 59.2 Å². The number of carbonyl (C=O) groups is 2. The molecule has 2 aromatic rings. The van der Waals surface area contributed by atoms with Gasteiger partial charge in [-0.25, -0.2) is 4.79 Å². The molecule has 2 aromatic carbocycles. The topological polar surface area (TPSA) is 66.8 Å². The molecule has 0 radical (unpaired) electrons. The molecule has 0 aromatic heterocycles. The van der Waals surface area contributed by atoms with Crippen molar-refractivity contribution >= 4 is 17.4 Å². The van der Waals surface area contributed by atoms with Crippen molar-refractivity contribution < 1.29 is 19.4 Å². The smallest absolute Gasteiger partial charge is 0.335 e. The van der Waals surface area contributed by atoms with Crippen molar-refractivity contribution in [3.63, 3.8) is 0 Å². The first-order valence-electron chi connectivity index (χ1n) is 7.83. The average Bonchev–Trinajstić information content (AvgIpc) is 2.62. The summed E-state index contributed by atoms with van der Waals surface area (Å²) in [7, 11) is 1.52. The third-order valence-electron chi connectivity index (χ3n) is 3.95. The molecule has 0 heterocycles. The number of hydrogen-bond donors (Lipinski definition) is 1. The van der Waals surface area contributed by atoms with Gasteiger partial charge in [0, 0.05) is 24.3 Å². The summed E-state index contributed by atoms with van der Waals surface area (Å²) in [6.45, 7) is 5.28. The first-order chi connectivity index (χ1) is 11.5. The zero-order valence-electron chi connectivity index (χ0n) is 14.1. The highest BCUT2D eigenvalue weighted by atomic mass is 16.5. The van der Waals surface area contributed by atoms with Gasteiger partial charge < -0.3 is 14.7 Å². The van der Waals surface area contributed by atoms with Gasteiger partial charge in [-0.05, 0) is 44.2 Å². The van der Waals surface area contributed by atoms with Crippen molar-refractivity contribution in [3.8, 4) is 5.75 Å². The van der Waals surface area contributed by atoms with Gasteiger partial charge in [0.25, 0.3) is 0 Å². The van der Waals surface area contributed by atoms with Gasteiger partial charge in [0.1, 0.15) is 5.75 Å². The van der Waals surface area contributed by atoms with E-state index in [4.69, 9.17) is 4.74 Å². The number of methoxy groups -OCH3 is 1. The van der Waals surface area contributed by atoms with Crippen LogP contribution in [-0.4, -0.2) is 37.1 Å². The van der Waals surface area contributed by atoms with Crippen LogP contribution >= 0.6 is 0 Å². The van der Waals surface area contributed by atoms with E-state index >= 15 is 0 Å². The van der Waals surface area contributed by atoms with Gasteiger partial charge in [0.15, 0.2) is 5.78 Å². The van der Waals surface area contributed by atoms with Crippen LogP contribution in [0, 0.1) is 0 Å². The van der Waals surface area contributed by atoms with E-state index in [1.165, 1.54) is 13.2 Å². The lowest BCUT2D eigenvalue weighted by atomic mass is 9.98. The number of hydrogen-bond acceptors (Lipinski definition) is 4. The van der Waals surface area contributed by atoms with Gasteiger partial charge in [0.2, 0.25) is 0 Å². The molecule has 5 heteroatoms. The Labute approximate surface area is 141 Å². The number of carboxylic acid groups (broad SMARTS) is 1. The molecule has 0 amide bonds. The molecule has 0 saturated carbocycles. The first-order valence-corrected chi connectivity index (χ1v) is 7.83. The summed E-state index contributed by atoms with van der Waals surface area (Å²) >= 11 is 0. The number of nitrogens with zero attached hydrogens (tertiary/aromatic N) is 1. The quantitative estimate of drug-likeness (QED) is 0.789. The fourth-order valence-corrected chi connectivity index (χ4v) is 2.66. The maximum atomic E-state index is 13.0. The summed E-state index contributed by atoms with van der Waals surface area (Å²) in [4.78, 5) is 26.3. The van der Waals surface area contributed by atoms with E-state index in [-0.39, 0.29) is 11.3 Å². The van der Waals surface area contributed by atoms with Crippen LogP contribution in [0.2, 0.25) is 0 Å². The molecule has 2 rings (SSSR count). The highest BCUT2D eigenvalue weighted by Gasteiger charge is 2.21. The fourth-order valence-electron chi connectivity index (χ4n) is 2.66. The van der Waals surface area contributed by atoms with Crippen LogP contribution in [0.15, 0.2) is 42.5 Å². The predicted octanol–water partition coefficient (Wildman–Crippen LogP) is 3.47. The Morgan fingerprint density at radius 1 is 1.04 bits per heavy atom. The Hall–Kier alpha value is -2.82. The van der Waals surface area contributed by atoms with Crippen LogP contribution in [-0.2, 0) is 0 Å². The Morgan fingerprint density at radius 3 is 2.29 bits per heavy atom. The van der Waals surface area contributed by atoms with Crippen LogP contribution < -0.4 is 9.64 Å². The molecule has 0 fully saturated rings. The van der Waals surface area contributed by atoms with Crippen molar-refractivity contribution in [1.29, 1.82) is 0 Å². The van der Waals surface area contributed by atoms with E-state index in [1.54, 1.807) is 36.4 Å². The van der Waals surface area contributed by atoms with E-state index in [9.17, 15) is 14.7 Å². The molecule has 0 aliphatic carbocycles. The van der Waals surface area contributed by atoms with Crippen molar-refractivity contribution in [1.82, 2.24) is 0 Å². The largest absolute Gasteiger partial charge is 0.496 e. The summed E-state index contributed by atoms with van der Waals surface area (Å²) in [5.41, 5.74) is 1.70. The molecule has 0 spiro atoms. The summed E-state index contributed by atoms with van der Waals surface area (Å²) in [5.74, 6) is -0.707. The molecule has 1 N–H and O–H groups in total. The Morgan fingerprint density at radius 2 is 1.71 bits per heavy atom. The maximum absolute atomic E-state index is 13.0. The third kappa shape index (κ3) is 3.40. The Kier molecular flexibility index (Phi) is 5.58. The average molecular weight is 327 g/mol.